The summed E-state index contributed by atoms with van der Waals surface area (Å²) in [6.45, 7) is 6.75. The fourth-order valence-corrected chi connectivity index (χ4v) is 3.50. The lowest BCUT2D eigenvalue weighted by molar-refractivity contribution is 0.477. The molecule has 3 aromatic rings. The van der Waals surface area contributed by atoms with Crippen molar-refractivity contribution < 1.29 is 5.11 Å². The number of nitrogens with zero attached hydrogens (tertiary/aromatic N) is 3. The number of phenolic OH excluding ortho intramolecular Hbond substituents is 1. The fraction of sp³-hybridized carbons (Fsp3) is 0.278. The Morgan fingerprint density at radius 1 is 1.12 bits per heavy atom. The van der Waals surface area contributed by atoms with Crippen LogP contribution in [0.4, 0.5) is 5.82 Å². The Hall–Kier alpha value is -2.47. The predicted molar refractivity (Wildman–Crippen MR) is 97.4 cm³/mol. The van der Waals surface area contributed by atoms with E-state index in [2.05, 4.69) is 27.2 Å². The average Bonchev–Trinajstić information content (AvgIpc) is 2.93. The van der Waals surface area contributed by atoms with Crippen molar-refractivity contribution >= 4 is 17.2 Å². The van der Waals surface area contributed by atoms with Gasteiger partial charge in [0.2, 0.25) is 0 Å². The van der Waals surface area contributed by atoms with Crippen LogP contribution in [0, 0.1) is 13.8 Å². The molecule has 0 unspecified atom stereocenters. The van der Waals surface area contributed by atoms with E-state index in [9.17, 15) is 5.11 Å². The summed E-state index contributed by atoms with van der Waals surface area (Å²) < 4.78 is 0. The average molecular weight is 340 g/mol. The van der Waals surface area contributed by atoms with Gasteiger partial charge in [-0.25, -0.2) is 15.0 Å². The molecule has 0 fully saturated rings. The number of aromatic nitrogens is 3. The number of para-hydroxylation sites is 1. The molecule has 0 saturated carbocycles. The molecule has 6 heteroatoms. The molecule has 0 amide bonds. The van der Waals surface area contributed by atoms with Gasteiger partial charge in [-0.15, -0.1) is 11.3 Å². The van der Waals surface area contributed by atoms with Crippen LogP contribution < -0.4 is 5.32 Å². The van der Waals surface area contributed by atoms with Crippen LogP contribution in [0.15, 0.2) is 30.3 Å². The number of thiazole rings is 1. The second-order valence-corrected chi connectivity index (χ2v) is 6.83. The van der Waals surface area contributed by atoms with Crippen LogP contribution in [0.1, 0.15) is 28.2 Å². The monoisotopic (exact) mass is 340 g/mol. The summed E-state index contributed by atoms with van der Waals surface area (Å²) in [5.41, 5.74) is 2.62. The molecule has 24 heavy (non-hydrogen) atoms. The van der Waals surface area contributed by atoms with Gasteiger partial charge in [-0.1, -0.05) is 19.1 Å². The summed E-state index contributed by atoms with van der Waals surface area (Å²) >= 11 is 1.71. The van der Waals surface area contributed by atoms with Gasteiger partial charge in [0.15, 0.2) is 5.82 Å². The van der Waals surface area contributed by atoms with Crippen molar-refractivity contribution in [2.45, 2.75) is 33.7 Å². The van der Waals surface area contributed by atoms with Crippen LogP contribution in [0.5, 0.6) is 5.75 Å². The van der Waals surface area contributed by atoms with Crippen molar-refractivity contribution in [2.24, 2.45) is 0 Å². The van der Waals surface area contributed by atoms with Crippen LogP contribution >= 0.6 is 11.3 Å². The summed E-state index contributed by atoms with van der Waals surface area (Å²) in [6.07, 6.45) is 0.924. The number of rotatable bonds is 5. The zero-order chi connectivity index (χ0) is 17.1. The summed E-state index contributed by atoms with van der Waals surface area (Å²) in [5, 5.41) is 14.5. The highest BCUT2D eigenvalue weighted by atomic mass is 32.1. The molecule has 3 rings (SSSR count). The lowest BCUT2D eigenvalue weighted by Gasteiger charge is -2.09. The van der Waals surface area contributed by atoms with Gasteiger partial charge in [0.1, 0.15) is 11.6 Å². The Balaban J connectivity index is 1.85. The van der Waals surface area contributed by atoms with Gasteiger partial charge in [-0.05, 0) is 32.4 Å². The van der Waals surface area contributed by atoms with Crippen molar-refractivity contribution in [3.05, 3.63) is 51.6 Å². The Labute approximate surface area is 145 Å². The maximum absolute atomic E-state index is 10.0. The van der Waals surface area contributed by atoms with Crippen molar-refractivity contribution in [2.75, 3.05) is 5.32 Å². The molecule has 124 valence electrons. The number of benzene rings is 1. The molecule has 0 aliphatic carbocycles. The molecule has 0 aliphatic rings. The second kappa shape index (κ2) is 6.97. The maximum Gasteiger partial charge on any atom is 0.165 e. The summed E-state index contributed by atoms with van der Waals surface area (Å²) in [5.74, 6) is 1.45. The summed E-state index contributed by atoms with van der Waals surface area (Å²) in [4.78, 5) is 14.8. The van der Waals surface area contributed by atoms with Crippen molar-refractivity contribution in [1.29, 1.82) is 0 Å². The molecule has 5 nitrogen and oxygen atoms in total. The lowest BCUT2D eigenvalue weighted by Crippen LogP contribution is -2.04. The van der Waals surface area contributed by atoms with E-state index in [1.165, 1.54) is 4.88 Å². The first-order valence-electron chi connectivity index (χ1n) is 7.90. The highest BCUT2D eigenvalue weighted by molar-refractivity contribution is 7.11. The summed E-state index contributed by atoms with van der Waals surface area (Å²) in [6, 6.07) is 9.01. The molecule has 0 radical (unpaired) electrons. The quantitative estimate of drug-likeness (QED) is 0.732. The van der Waals surface area contributed by atoms with Crippen LogP contribution in [-0.2, 0) is 13.0 Å². The van der Waals surface area contributed by atoms with Gasteiger partial charge >= 0.3 is 0 Å². The van der Waals surface area contributed by atoms with E-state index >= 15 is 0 Å². The minimum absolute atomic E-state index is 0.181. The van der Waals surface area contributed by atoms with Crippen LogP contribution in [0.2, 0.25) is 0 Å². The normalized spacial score (nSPS) is 10.8. The molecule has 1 aromatic carbocycles. The van der Waals surface area contributed by atoms with Crippen molar-refractivity contribution in [3.8, 4) is 17.1 Å². The standard InChI is InChI=1S/C18H20N4OS/c1-4-14-16(24-12(3)21-14)10-19-17-9-11(2)20-18(22-17)13-7-5-6-8-15(13)23/h5-9,23H,4,10H2,1-3H3,(H,19,20,22). The van der Waals surface area contributed by atoms with E-state index in [0.717, 1.165) is 28.6 Å². The molecule has 0 bridgehead atoms. The van der Waals surface area contributed by atoms with Gasteiger partial charge in [0.25, 0.3) is 0 Å². The third kappa shape index (κ3) is 3.54. The highest BCUT2D eigenvalue weighted by Crippen LogP contribution is 2.27. The third-order valence-corrected chi connectivity index (χ3v) is 4.66. The van der Waals surface area contributed by atoms with E-state index in [1.807, 2.05) is 32.0 Å². The number of aromatic hydroxyl groups is 1. The highest BCUT2D eigenvalue weighted by Gasteiger charge is 2.11. The molecule has 0 atom stereocenters. The van der Waals surface area contributed by atoms with E-state index < -0.39 is 0 Å². The van der Waals surface area contributed by atoms with Gasteiger partial charge in [-0.2, -0.15) is 0 Å². The topological polar surface area (TPSA) is 70.9 Å². The fourth-order valence-electron chi connectivity index (χ4n) is 2.54. The first-order valence-corrected chi connectivity index (χ1v) is 8.71. The zero-order valence-electron chi connectivity index (χ0n) is 14.0. The zero-order valence-corrected chi connectivity index (χ0v) is 14.8. The number of phenols is 1. The van der Waals surface area contributed by atoms with E-state index in [4.69, 9.17) is 0 Å². The Kier molecular flexibility index (Phi) is 4.76. The van der Waals surface area contributed by atoms with E-state index in [-0.39, 0.29) is 5.75 Å². The molecule has 2 N–H and O–H groups in total. The minimum Gasteiger partial charge on any atom is -0.507 e. The molecular weight excluding hydrogens is 320 g/mol. The van der Waals surface area contributed by atoms with Crippen molar-refractivity contribution in [3.63, 3.8) is 0 Å². The number of hydrogen-bond acceptors (Lipinski definition) is 6. The van der Waals surface area contributed by atoms with E-state index in [1.54, 1.807) is 23.5 Å². The third-order valence-electron chi connectivity index (χ3n) is 3.65. The molecule has 2 aromatic heterocycles. The van der Waals surface area contributed by atoms with Crippen molar-refractivity contribution in [1.82, 2.24) is 15.0 Å². The number of anilines is 1. The van der Waals surface area contributed by atoms with Gasteiger partial charge in [0, 0.05) is 16.6 Å². The van der Waals surface area contributed by atoms with Gasteiger partial charge in [-0.3, -0.25) is 0 Å². The van der Waals surface area contributed by atoms with Crippen LogP contribution in [0.3, 0.4) is 0 Å². The maximum atomic E-state index is 10.0. The molecular formula is C18H20N4OS. The van der Waals surface area contributed by atoms with Gasteiger partial charge < -0.3 is 10.4 Å². The number of aryl methyl sites for hydroxylation is 3. The van der Waals surface area contributed by atoms with Gasteiger partial charge in [0.05, 0.1) is 22.8 Å². The Morgan fingerprint density at radius 2 is 1.92 bits per heavy atom. The predicted octanol–water partition coefficient (Wildman–Crippen LogP) is 4.10. The molecule has 2 heterocycles. The molecule has 0 saturated heterocycles. The number of hydrogen-bond donors (Lipinski definition) is 2. The Morgan fingerprint density at radius 3 is 2.67 bits per heavy atom. The van der Waals surface area contributed by atoms with Crippen LogP contribution in [-0.4, -0.2) is 20.1 Å². The van der Waals surface area contributed by atoms with E-state index in [0.29, 0.717) is 17.9 Å². The molecule has 0 spiro atoms. The summed E-state index contributed by atoms with van der Waals surface area (Å²) in [7, 11) is 0. The van der Waals surface area contributed by atoms with Crippen LogP contribution in [0.25, 0.3) is 11.4 Å². The molecule has 0 aliphatic heterocycles. The SMILES string of the molecule is CCc1nc(C)sc1CNc1cc(C)nc(-c2ccccc2O)n1. The first-order chi connectivity index (χ1) is 11.6. The Bertz CT molecular complexity index is 860. The number of nitrogens with one attached hydrogen (secondary N) is 1. The first kappa shape index (κ1) is 16.4. The smallest absolute Gasteiger partial charge is 0.165 e. The second-order valence-electron chi connectivity index (χ2n) is 5.55. The minimum atomic E-state index is 0.181. The lowest BCUT2D eigenvalue weighted by atomic mass is 10.2. The largest absolute Gasteiger partial charge is 0.507 e.